The average molecular weight is 532 g/mol. The monoisotopic (exact) mass is 531 g/mol. The SMILES string of the molecule is Cn1cc2cc(NC(=O)c3ccc(N4CCN5CCC[C@H]5C4)c4cnc(O[C@H]5CCOC5)nc34)cc(F)c2n1. The van der Waals surface area contributed by atoms with E-state index in [2.05, 4.69) is 25.2 Å². The number of nitrogens with one attached hydrogen (secondary N) is 1. The molecule has 2 aromatic heterocycles. The number of amides is 1. The second-order valence-corrected chi connectivity index (χ2v) is 10.6. The van der Waals surface area contributed by atoms with Gasteiger partial charge in [-0.3, -0.25) is 14.4 Å². The summed E-state index contributed by atoms with van der Waals surface area (Å²) >= 11 is 0. The summed E-state index contributed by atoms with van der Waals surface area (Å²) in [5.41, 5.74) is 2.49. The van der Waals surface area contributed by atoms with Gasteiger partial charge in [-0.15, -0.1) is 0 Å². The third-order valence-corrected chi connectivity index (χ3v) is 7.97. The number of carbonyl (C=O) groups is 1. The molecule has 3 saturated heterocycles. The largest absolute Gasteiger partial charge is 0.458 e. The Kier molecular flexibility index (Phi) is 6.04. The van der Waals surface area contributed by atoms with E-state index in [1.165, 1.54) is 25.5 Å². The highest BCUT2D eigenvalue weighted by molar-refractivity contribution is 6.14. The summed E-state index contributed by atoms with van der Waals surface area (Å²) in [7, 11) is 1.73. The van der Waals surface area contributed by atoms with Gasteiger partial charge < -0.3 is 19.7 Å². The van der Waals surface area contributed by atoms with Crippen LogP contribution in [0.1, 0.15) is 29.6 Å². The van der Waals surface area contributed by atoms with Gasteiger partial charge in [0, 0.05) is 73.7 Å². The summed E-state index contributed by atoms with van der Waals surface area (Å²) in [6, 6.07) is 7.52. The van der Waals surface area contributed by atoms with Crippen LogP contribution in [-0.2, 0) is 11.8 Å². The van der Waals surface area contributed by atoms with Gasteiger partial charge in [0.25, 0.3) is 5.91 Å². The van der Waals surface area contributed by atoms with Crippen molar-refractivity contribution in [2.75, 3.05) is 49.6 Å². The Morgan fingerprint density at radius 1 is 1.18 bits per heavy atom. The van der Waals surface area contributed by atoms with Crippen LogP contribution in [0.15, 0.2) is 36.7 Å². The van der Waals surface area contributed by atoms with E-state index in [1.54, 1.807) is 36.3 Å². The minimum absolute atomic E-state index is 0.118. The van der Waals surface area contributed by atoms with Crippen LogP contribution >= 0.6 is 0 Å². The van der Waals surface area contributed by atoms with Crippen LogP contribution in [-0.4, -0.2) is 82.1 Å². The number of benzene rings is 2. The number of hydrogen-bond acceptors (Lipinski definition) is 8. The Hall–Kier alpha value is -3.83. The molecule has 0 spiro atoms. The van der Waals surface area contributed by atoms with Crippen LogP contribution in [0.2, 0.25) is 0 Å². The second kappa shape index (κ2) is 9.73. The molecule has 202 valence electrons. The van der Waals surface area contributed by atoms with Gasteiger partial charge >= 0.3 is 6.01 Å². The maximum atomic E-state index is 14.7. The smallest absolute Gasteiger partial charge is 0.317 e. The van der Waals surface area contributed by atoms with Crippen LogP contribution < -0.4 is 15.0 Å². The van der Waals surface area contributed by atoms with E-state index in [1.807, 2.05) is 6.07 Å². The molecule has 1 amide bonds. The lowest BCUT2D eigenvalue weighted by atomic mass is 10.1. The fraction of sp³-hybridized carbons (Fsp3) is 0.429. The van der Waals surface area contributed by atoms with E-state index in [0.29, 0.717) is 41.4 Å². The van der Waals surface area contributed by atoms with Crippen molar-refractivity contribution in [1.82, 2.24) is 24.6 Å². The first-order valence-corrected chi connectivity index (χ1v) is 13.5. The molecule has 10 nitrogen and oxygen atoms in total. The number of halogens is 1. The number of ether oxygens (including phenoxy) is 2. The molecular formula is C28H30FN7O3. The predicted octanol–water partition coefficient (Wildman–Crippen LogP) is 3.36. The number of piperazine rings is 1. The fourth-order valence-corrected chi connectivity index (χ4v) is 6.05. The van der Waals surface area contributed by atoms with Gasteiger partial charge in [-0.2, -0.15) is 10.1 Å². The minimum Gasteiger partial charge on any atom is -0.458 e. The number of anilines is 2. The van der Waals surface area contributed by atoms with Crippen molar-refractivity contribution in [3.63, 3.8) is 0 Å². The summed E-state index contributed by atoms with van der Waals surface area (Å²) in [4.78, 5) is 27.7. The highest BCUT2D eigenvalue weighted by Gasteiger charge is 2.32. The van der Waals surface area contributed by atoms with E-state index in [-0.39, 0.29) is 23.5 Å². The van der Waals surface area contributed by atoms with E-state index in [9.17, 15) is 9.18 Å². The molecule has 11 heteroatoms. The van der Waals surface area contributed by atoms with Crippen molar-refractivity contribution in [3.05, 3.63) is 48.0 Å². The van der Waals surface area contributed by atoms with Crippen LogP contribution in [0.25, 0.3) is 21.8 Å². The topological polar surface area (TPSA) is 97.6 Å². The highest BCUT2D eigenvalue weighted by Crippen LogP contribution is 2.33. The molecule has 0 bridgehead atoms. The molecule has 4 aromatic rings. The quantitative estimate of drug-likeness (QED) is 0.419. The van der Waals surface area contributed by atoms with Crippen molar-refractivity contribution in [3.8, 4) is 6.01 Å². The van der Waals surface area contributed by atoms with Gasteiger partial charge in [0.05, 0.1) is 24.3 Å². The van der Waals surface area contributed by atoms with Gasteiger partial charge in [-0.05, 0) is 43.7 Å². The number of rotatable bonds is 5. The van der Waals surface area contributed by atoms with Gasteiger partial charge in [-0.25, -0.2) is 9.37 Å². The second-order valence-electron chi connectivity index (χ2n) is 10.6. The molecule has 1 N–H and O–H groups in total. The average Bonchev–Trinajstić information content (AvgIpc) is 3.68. The molecule has 0 saturated carbocycles. The first-order chi connectivity index (χ1) is 19.0. The molecule has 0 unspecified atom stereocenters. The zero-order chi connectivity index (χ0) is 26.5. The fourth-order valence-electron chi connectivity index (χ4n) is 6.05. The summed E-state index contributed by atoms with van der Waals surface area (Å²) in [6.07, 6.45) is 6.55. The van der Waals surface area contributed by atoms with Crippen molar-refractivity contribution in [2.24, 2.45) is 7.05 Å². The number of fused-ring (bicyclic) bond motifs is 3. The Balaban J connectivity index is 1.25. The molecular weight excluding hydrogens is 501 g/mol. The third kappa shape index (κ3) is 4.55. The molecule has 3 aliphatic rings. The zero-order valence-corrected chi connectivity index (χ0v) is 21.8. The van der Waals surface area contributed by atoms with Crippen LogP contribution in [0.5, 0.6) is 6.01 Å². The molecule has 3 fully saturated rings. The van der Waals surface area contributed by atoms with Crippen molar-refractivity contribution in [1.29, 1.82) is 0 Å². The number of hydrogen-bond donors (Lipinski definition) is 1. The summed E-state index contributed by atoms with van der Waals surface area (Å²) < 4.78 is 27.6. The highest BCUT2D eigenvalue weighted by atomic mass is 19.1. The Bertz CT molecular complexity index is 1570. The summed E-state index contributed by atoms with van der Waals surface area (Å²) in [5, 5.41) is 8.39. The van der Waals surface area contributed by atoms with Gasteiger partial charge in [0.15, 0.2) is 5.82 Å². The molecule has 0 radical (unpaired) electrons. The minimum atomic E-state index is -0.494. The van der Waals surface area contributed by atoms with Crippen LogP contribution in [0.3, 0.4) is 0 Å². The Morgan fingerprint density at radius 2 is 2.10 bits per heavy atom. The van der Waals surface area contributed by atoms with E-state index in [0.717, 1.165) is 37.1 Å². The molecule has 7 rings (SSSR count). The van der Waals surface area contributed by atoms with E-state index >= 15 is 0 Å². The Morgan fingerprint density at radius 3 is 2.97 bits per heavy atom. The molecule has 39 heavy (non-hydrogen) atoms. The normalized spacial score (nSPS) is 21.5. The lowest BCUT2D eigenvalue weighted by Gasteiger charge is -2.39. The first kappa shape index (κ1) is 24.2. The van der Waals surface area contributed by atoms with E-state index in [4.69, 9.17) is 14.5 Å². The number of nitrogens with zero attached hydrogens (tertiary/aromatic N) is 6. The van der Waals surface area contributed by atoms with Crippen LogP contribution in [0, 0.1) is 5.82 Å². The third-order valence-electron chi connectivity index (χ3n) is 7.97. The maximum Gasteiger partial charge on any atom is 0.317 e. The standard InChI is InChI=1S/C28H30FN7O3/c1-34-14-17-11-18(12-23(29)25(17)33-34)31-27(37)21-4-5-24(36-9-8-35-7-2-3-19(35)15-36)22-13-30-28(32-26(21)22)39-20-6-10-38-16-20/h4-5,11-14,19-20H,2-3,6-10,15-16H2,1H3,(H,31,37)/t19-,20-/m0/s1. The van der Waals surface area contributed by atoms with Crippen LogP contribution in [0.4, 0.5) is 15.8 Å². The summed E-state index contributed by atoms with van der Waals surface area (Å²) in [5.74, 6) is -0.880. The molecule has 3 aliphatic heterocycles. The number of aryl methyl sites for hydroxylation is 1. The lowest BCUT2D eigenvalue weighted by Crippen LogP contribution is -2.50. The number of carbonyl (C=O) groups excluding carboxylic acids is 1. The van der Waals surface area contributed by atoms with Gasteiger partial charge in [0.1, 0.15) is 11.6 Å². The van der Waals surface area contributed by atoms with Crippen molar-refractivity contribution < 1.29 is 18.7 Å². The zero-order valence-electron chi connectivity index (χ0n) is 21.8. The molecule has 0 aliphatic carbocycles. The number of aromatic nitrogens is 4. The lowest BCUT2D eigenvalue weighted by molar-refractivity contribution is 0.102. The summed E-state index contributed by atoms with van der Waals surface area (Å²) in [6.45, 7) is 5.14. The van der Waals surface area contributed by atoms with Crippen molar-refractivity contribution in [2.45, 2.75) is 31.4 Å². The first-order valence-electron chi connectivity index (χ1n) is 13.5. The van der Waals surface area contributed by atoms with Gasteiger partial charge in [0.2, 0.25) is 0 Å². The van der Waals surface area contributed by atoms with Gasteiger partial charge in [-0.1, -0.05) is 0 Å². The molecule has 2 aromatic carbocycles. The van der Waals surface area contributed by atoms with E-state index < -0.39 is 5.82 Å². The Labute approximate surface area is 224 Å². The molecule has 2 atom stereocenters. The van der Waals surface area contributed by atoms with Crippen molar-refractivity contribution >= 4 is 39.1 Å². The maximum absolute atomic E-state index is 14.7. The molecule has 5 heterocycles. The predicted molar refractivity (Wildman–Crippen MR) is 145 cm³/mol.